The predicted octanol–water partition coefficient (Wildman–Crippen LogP) is 5.44. The highest BCUT2D eigenvalue weighted by atomic mass is 35.5. The zero-order valence-electron chi connectivity index (χ0n) is 15.5. The molecular weight excluding hydrogens is 407 g/mol. The summed E-state index contributed by atoms with van der Waals surface area (Å²) in [4.78, 5) is 12.6. The van der Waals surface area contributed by atoms with Gasteiger partial charge in [0.25, 0.3) is 0 Å². The highest BCUT2D eigenvalue weighted by molar-refractivity contribution is 6.30. The van der Waals surface area contributed by atoms with Crippen LogP contribution in [0.2, 0.25) is 5.02 Å². The number of amides is 2. The molecule has 0 bridgehead atoms. The minimum absolute atomic E-state index is 0.200. The third-order valence-electron chi connectivity index (χ3n) is 4.27. The van der Waals surface area contributed by atoms with Gasteiger partial charge in [0.05, 0.1) is 0 Å². The van der Waals surface area contributed by atoms with Crippen molar-refractivity contribution < 1.29 is 13.6 Å². The fourth-order valence-electron chi connectivity index (χ4n) is 2.86. The van der Waals surface area contributed by atoms with E-state index in [9.17, 15) is 9.18 Å². The second-order valence-electron chi connectivity index (χ2n) is 6.40. The van der Waals surface area contributed by atoms with Gasteiger partial charge in [-0.1, -0.05) is 48.0 Å². The summed E-state index contributed by atoms with van der Waals surface area (Å²) in [6.07, 6.45) is 0. The van der Waals surface area contributed by atoms with Crippen molar-refractivity contribution in [3.05, 3.63) is 101 Å². The number of carbonyl (C=O) groups is 1. The third-order valence-corrected chi connectivity index (χ3v) is 4.52. The van der Waals surface area contributed by atoms with E-state index in [1.807, 2.05) is 30.3 Å². The van der Waals surface area contributed by atoms with E-state index in [-0.39, 0.29) is 5.89 Å². The predicted molar refractivity (Wildman–Crippen MR) is 112 cm³/mol. The first-order chi connectivity index (χ1) is 14.6. The summed E-state index contributed by atoms with van der Waals surface area (Å²) in [6, 6.07) is 20.5. The number of halogens is 2. The van der Waals surface area contributed by atoms with Crippen LogP contribution in [0.3, 0.4) is 0 Å². The molecule has 4 rings (SSSR count). The first-order valence-electron chi connectivity index (χ1n) is 9.06. The maximum Gasteiger partial charge on any atom is 0.320 e. The van der Waals surface area contributed by atoms with Crippen LogP contribution in [0.1, 0.15) is 17.5 Å². The molecule has 30 heavy (non-hydrogen) atoms. The van der Waals surface area contributed by atoms with Crippen molar-refractivity contribution in [3.63, 3.8) is 0 Å². The van der Waals surface area contributed by atoms with E-state index in [2.05, 4.69) is 20.8 Å². The SMILES string of the molecule is O=C(Nc1cccc(F)c1)NC(c1ccc(Cl)cc1)c1nnc(-c2ccccc2)o1. The average Bonchev–Trinajstić information content (AvgIpc) is 3.23. The summed E-state index contributed by atoms with van der Waals surface area (Å²) in [7, 11) is 0. The molecule has 1 unspecified atom stereocenters. The zero-order chi connectivity index (χ0) is 20.9. The molecule has 0 aliphatic rings. The van der Waals surface area contributed by atoms with E-state index < -0.39 is 17.9 Å². The maximum atomic E-state index is 13.4. The lowest BCUT2D eigenvalue weighted by molar-refractivity contribution is 0.248. The molecule has 1 aromatic heterocycles. The van der Waals surface area contributed by atoms with Crippen molar-refractivity contribution >= 4 is 23.3 Å². The molecule has 0 aliphatic heterocycles. The Morgan fingerprint density at radius 3 is 2.47 bits per heavy atom. The Hall–Kier alpha value is -3.71. The van der Waals surface area contributed by atoms with E-state index in [0.717, 1.165) is 5.56 Å². The monoisotopic (exact) mass is 422 g/mol. The fourth-order valence-corrected chi connectivity index (χ4v) is 2.98. The zero-order valence-corrected chi connectivity index (χ0v) is 16.3. The van der Waals surface area contributed by atoms with E-state index in [1.165, 1.54) is 18.2 Å². The number of rotatable bonds is 5. The van der Waals surface area contributed by atoms with Crippen LogP contribution < -0.4 is 10.6 Å². The number of carbonyl (C=O) groups excluding carboxylic acids is 1. The molecule has 8 heteroatoms. The number of urea groups is 1. The van der Waals surface area contributed by atoms with Crippen LogP contribution in [0.15, 0.2) is 83.3 Å². The maximum absolute atomic E-state index is 13.4. The van der Waals surface area contributed by atoms with Crippen LogP contribution in [0, 0.1) is 5.82 Å². The van der Waals surface area contributed by atoms with Gasteiger partial charge in [0, 0.05) is 16.3 Å². The smallest absolute Gasteiger partial charge is 0.320 e. The Bertz CT molecular complexity index is 1150. The topological polar surface area (TPSA) is 80.0 Å². The highest BCUT2D eigenvalue weighted by Crippen LogP contribution is 2.26. The van der Waals surface area contributed by atoms with Gasteiger partial charge in [-0.15, -0.1) is 10.2 Å². The van der Waals surface area contributed by atoms with Crippen LogP contribution >= 0.6 is 11.6 Å². The van der Waals surface area contributed by atoms with Crippen molar-refractivity contribution in [1.82, 2.24) is 15.5 Å². The van der Waals surface area contributed by atoms with Crippen molar-refractivity contribution in [2.45, 2.75) is 6.04 Å². The summed E-state index contributed by atoms with van der Waals surface area (Å²) in [6.45, 7) is 0. The van der Waals surface area contributed by atoms with Crippen LogP contribution in [-0.4, -0.2) is 16.2 Å². The van der Waals surface area contributed by atoms with Gasteiger partial charge in [0.15, 0.2) is 0 Å². The number of aromatic nitrogens is 2. The normalized spacial score (nSPS) is 11.7. The summed E-state index contributed by atoms with van der Waals surface area (Å²) >= 11 is 5.99. The molecule has 4 aromatic rings. The van der Waals surface area contributed by atoms with Gasteiger partial charge in [-0.25, -0.2) is 9.18 Å². The molecule has 0 aliphatic carbocycles. The van der Waals surface area contributed by atoms with E-state index in [4.69, 9.17) is 16.0 Å². The van der Waals surface area contributed by atoms with Gasteiger partial charge in [0.1, 0.15) is 11.9 Å². The number of hydrogen-bond acceptors (Lipinski definition) is 4. The molecule has 2 N–H and O–H groups in total. The molecule has 0 saturated heterocycles. The first kappa shape index (κ1) is 19.6. The molecule has 1 heterocycles. The fraction of sp³-hybridized carbons (Fsp3) is 0.0455. The third kappa shape index (κ3) is 4.64. The van der Waals surface area contributed by atoms with E-state index >= 15 is 0 Å². The second-order valence-corrected chi connectivity index (χ2v) is 6.84. The molecule has 3 aromatic carbocycles. The summed E-state index contributed by atoms with van der Waals surface area (Å²) in [5.74, 6) is 0.0777. The average molecular weight is 423 g/mol. The lowest BCUT2D eigenvalue weighted by Crippen LogP contribution is -2.33. The van der Waals surface area contributed by atoms with Crippen molar-refractivity contribution in [3.8, 4) is 11.5 Å². The van der Waals surface area contributed by atoms with Crippen molar-refractivity contribution in [1.29, 1.82) is 0 Å². The summed E-state index contributed by atoms with van der Waals surface area (Å²) in [5.41, 5.74) is 1.77. The van der Waals surface area contributed by atoms with Crippen LogP contribution in [0.4, 0.5) is 14.9 Å². The molecule has 0 spiro atoms. The molecule has 1 atom stereocenters. The molecule has 0 fully saturated rings. The molecule has 150 valence electrons. The van der Waals surface area contributed by atoms with Gasteiger partial charge in [-0.2, -0.15) is 0 Å². The van der Waals surface area contributed by atoms with Crippen LogP contribution in [0.5, 0.6) is 0 Å². The van der Waals surface area contributed by atoms with E-state index in [0.29, 0.717) is 22.2 Å². The number of nitrogens with one attached hydrogen (secondary N) is 2. The number of anilines is 1. The van der Waals surface area contributed by atoms with Crippen LogP contribution in [-0.2, 0) is 0 Å². The summed E-state index contributed by atoms with van der Waals surface area (Å²) in [5, 5.41) is 14.1. The molecule has 0 radical (unpaired) electrons. The molecular formula is C22H16ClFN4O2. The largest absolute Gasteiger partial charge is 0.418 e. The van der Waals surface area contributed by atoms with Gasteiger partial charge in [0.2, 0.25) is 11.8 Å². The molecule has 0 saturated carbocycles. The highest BCUT2D eigenvalue weighted by Gasteiger charge is 2.23. The van der Waals surface area contributed by atoms with E-state index in [1.54, 1.807) is 30.3 Å². The lowest BCUT2D eigenvalue weighted by Gasteiger charge is -2.16. The minimum Gasteiger partial charge on any atom is -0.418 e. The van der Waals surface area contributed by atoms with Gasteiger partial charge >= 0.3 is 6.03 Å². The van der Waals surface area contributed by atoms with Crippen molar-refractivity contribution in [2.24, 2.45) is 0 Å². The second kappa shape index (κ2) is 8.75. The minimum atomic E-state index is -0.735. The number of hydrogen-bond donors (Lipinski definition) is 2. The Labute approximate surface area is 176 Å². The van der Waals surface area contributed by atoms with Gasteiger partial charge < -0.3 is 15.1 Å². The van der Waals surface area contributed by atoms with Crippen LogP contribution in [0.25, 0.3) is 11.5 Å². The van der Waals surface area contributed by atoms with Crippen molar-refractivity contribution in [2.75, 3.05) is 5.32 Å². The molecule has 6 nitrogen and oxygen atoms in total. The Balaban J connectivity index is 1.61. The Morgan fingerprint density at radius 2 is 1.73 bits per heavy atom. The lowest BCUT2D eigenvalue weighted by atomic mass is 10.1. The quantitative estimate of drug-likeness (QED) is 0.448. The first-order valence-corrected chi connectivity index (χ1v) is 9.43. The Kier molecular flexibility index (Phi) is 5.72. The molecule has 2 amide bonds. The number of benzene rings is 3. The summed E-state index contributed by atoms with van der Waals surface area (Å²) < 4.78 is 19.2. The van der Waals surface area contributed by atoms with Gasteiger partial charge in [-0.3, -0.25) is 0 Å². The number of nitrogens with zero attached hydrogens (tertiary/aromatic N) is 2. The Morgan fingerprint density at radius 1 is 0.967 bits per heavy atom. The van der Waals surface area contributed by atoms with Gasteiger partial charge in [-0.05, 0) is 48.0 Å². The standard InChI is InChI=1S/C22H16ClFN4O2/c23-16-11-9-14(10-12-16)19(26-22(29)25-18-8-4-7-17(24)13-18)21-28-27-20(30-21)15-5-2-1-3-6-15/h1-13,19H,(H2,25,26,29).